The third kappa shape index (κ3) is 3.19. The van der Waals surface area contributed by atoms with E-state index in [4.69, 9.17) is 4.74 Å². The molecule has 1 heterocycles. The van der Waals surface area contributed by atoms with Crippen LogP contribution in [0.1, 0.15) is 12.5 Å². The van der Waals surface area contributed by atoms with E-state index in [-0.39, 0.29) is 11.7 Å². The maximum Gasteiger partial charge on any atom is 0.258 e. The lowest BCUT2D eigenvalue weighted by atomic mass is 10.2. The number of halogens is 2. The van der Waals surface area contributed by atoms with Crippen LogP contribution in [0.15, 0.2) is 30.3 Å². The van der Waals surface area contributed by atoms with E-state index in [1.54, 1.807) is 25.1 Å². The molecule has 0 radical (unpaired) electrons. The van der Waals surface area contributed by atoms with Crippen LogP contribution in [0.3, 0.4) is 0 Å². The van der Waals surface area contributed by atoms with Gasteiger partial charge in [-0.1, -0.05) is 12.1 Å². The van der Waals surface area contributed by atoms with Crippen LogP contribution in [-0.2, 0) is 0 Å². The summed E-state index contributed by atoms with van der Waals surface area (Å²) in [7, 11) is 0. The first-order valence-corrected chi connectivity index (χ1v) is 5.94. The number of pyridine rings is 1. The normalized spacial score (nSPS) is 10.3. The van der Waals surface area contributed by atoms with Crippen LogP contribution < -0.4 is 10.1 Å². The molecule has 0 amide bonds. The number of ether oxygens (including phenoxy) is 1. The van der Waals surface area contributed by atoms with Crippen molar-refractivity contribution in [3.63, 3.8) is 0 Å². The highest BCUT2D eigenvalue weighted by Gasteiger charge is 2.13. The van der Waals surface area contributed by atoms with Gasteiger partial charge in [-0.2, -0.15) is 4.98 Å². The molecular formula is C14H14F2N2O. The van der Waals surface area contributed by atoms with Crippen molar-refractivity contribution in [2.24, 2.45) is 0 Å². The Balaban J connectivity index is 2.31. The SMILES string of the molecule is CCNc1nc(Oc2cccc(C)c2)c(F)cc1F. The molecule has 0 fully saturated rings. The molecule has 1 aromatic heterocycles. The van der Waals surface area contributed by atoms with Crippen molar-refractivity contribution in [1.29, 1.82) is 0 Å². The molecule has 0 aliphatic rings. The summed E-state index contributed by atoms with van der Waals surface area (Å²) in [6, 6.07) is 7.88. The smallest absolute Gasteiger partial charge is 0.258 e. The van der Waals surface area contributed by atoms with Gasteiger partial charge in [-0.25, -0.2) is 8.78 Å². The molecular weight excluding hydrogens is 250 g/mol. The van der Waals surface area contributed by atoms with Crippen molar-refractivity contribution >= 4 is 5.82 Å². The molecule has 100 valence electrons. The third-order valence-electron chi connectivity index (χ3n) is 2.45. The number of aryl methyl sites for hydroxylation is 1. The lowest BCUT2D eigenvalue weighted by Crippen LogP contribution is -2.04. The van der Waals surface area contributed by atoms with Crippen molar-refractivity contribution < 1.29 is 13.5 Å². The average molecular weight is 264 g/mol. The van der Waals surface area contributed by atoms with E-state index in [2.05, 4.69) is 10.3 Å². The van der Waals surface area contributed by atoms with Gasteiger partial charge in [0.2, 0.25) is 0 Å². The molecule has 0 saturated carbocycles. The second-order valence-electron chi connectivity index (χ2n) is 4.05. The fourth-order valence-corrected chi connectivity index (χ4v) is 1.60. The number of aromatic nitrogens is 1. The largest absolute Gasteiger partial charge is 0.436 e. The molecule has 0 atom stereocenters. The molecule has 0 bridgehead atoms. The van der Waals surface area contributed by atoms with Crippen LogP contribution in [0.25, 0.3) is 0 Å². The first-order valence-electron chi connectivity index (χ1n) is 5.94. The maximum atomic E-state index is 13.6. The Morgan fingerprint density at radius 1 is 1.21 bits per heavy atom. The van der Waals surface area contributed by atoms with Crippen LogP contribution in [0, 0.1) is 18.6 Å². The molecule has 1 aromatic carbocycles. The van der Waals surface area contributed by atoms with E-state index in [9.17, 15) is 8.78 Å². The van der Waals surface area contributed by atoms with Crippen LogP contribution in [0.2, 0.25) is 0 Å². The molecule has 0 unspecified atom stereocenters. The Kier molecular flexibility index (Phi) is 3.94. The number of rotatable bonds is 4. The van der Waals surface area contributed by atoms with Crippen molar-refractivity contribution in [2.75, 3.05) is 11.9 Å². The lowest BCUT2D eigenvalue weighted by Gasteiger charge is -2.09. The summed E-state index contributed by atoms with van der Waals surface area (Å²) in [5.41, 5.74) is 0.979. The maximum absolute atomic E-state index is 13.6. The number of hydrogen-bond acceptors (Lipinski definition) is 3. The van der Waals surface area contributed by atoms with Gasteiger partial charge in [0.15, 0.2) is 17.5 Å². The third-order valence-corrected chi connectivity index (χ3v) is 2.45. The summed E-state index contributed by atoms with van der Waals surface area (Å²) < 4.78 is 32.3. The number of nitrogens with zero attached hydrogens (tertiary/aromatic N) is 1. The van der Waals surface area contributed by atoms with Crippen molar-refractivity contribution in [3.05, 3.63) is 47.5 Å². The predicted octanol–water partition coefficient (Wildman–Crippen LogP) is 3.89. The number of benzene rings is 1. The van der Waals surface area contributed by atoms with E-state index in [0.717, 1.165) is 11.6 Å². The quantitative estimate of drug-likeness (QED) is 0.909. The summed E-state index contributed by atoms with van der Waals surface area (Å²) >= 11 is 0. The Morgan fingerprint density at radius 3 is 2.68 bits per heavy atom. The van der Waals surface area contributed by atoms with Gasteiger partial charge in [-0.3, -0.25) is 0 Å². The Hall–Kier alpha value is -2.17. The van der Waals surface area contributed by atoms with Crippen LogP contribution in [0.4, 0.5) is 14.6 Å². The second kappa shape index (κ2) is 5.65. The summed E-state index contributed by atoms with van der Waals surface area (Å²) in [6.07, 6.45) is 0. The molecule has 19 heavy (non-hydrogen) atoms. The van der Waals surface area contributed by atoms with Crippen LogP contribution in [-0.4, -0.2) is 11.5 Å². The first kappa shape index (κ1) is 13.3. The fraction of sp³-hybridized carbons (Fsp3) is 0.214. The van der Waals surface area contributed by atoms with E-state index in [1.807, 2.05) is 13.0 Å². The Labute approximate surface area is 110 Å². The molecule has 0 aliphatic heterocycles. The molecule has 0 spiro atoms. The molecule has 5 heteroatoms. The van der Waals surface area contributed by atoms with Crippen molar-refractivity contribution in [3.8, 4) is 11.6 Å². The Bertz CT molecular complexity index is 588. The molecule has 3 nitrogen and oxygen atoms in total. The number of hydrogen-bond donors (Lipinski definition) is 1. The number of anilines is 1. The fourth-order valence-electron chi connectivity index (χ4n) is 1.60. The summed E-state index contributed by atoms with van der Waals surface area (Å²) in [5.74, 6) is -1.38. The van der Waals surface area contributed by atoms with Gasteiger partial charge in [0.25, 0.3) is 5.88 Å². The van der Waals surface area contributed by atoms with Gasteiger partial charge >= 0.3 is 0 Å². The van der Waals surface area contributed by atoms with Gasteiger partial charge in [0, 0.05) is 12.6 Å². The summed E-state index contributed by atoms with van der Waals surface area (Å²) in [5, 5.41) is 2.71. The predicted molar refractivity (Wildman–Crippen MR) is 69.6 cm³/mol. The van der Waals surface area contributed by atoms with E-state index >= 15 is 0 Å². The summed E-state index contributed by atoms with van der Waals surface area (Å²) in [4.78, 5) is 3.80. The molecule has 0 saturated heterocycles. The summed E-state index contributed by atoms with van der Waals surface area (Å²) in [6.45, 7) is 4.18. The Morgan fingerprint density at radius 2 is 2.00 bits per heavy atom. The van der Waals surface area contributed by atoms with E-state index in [1.165, 1.54) is 0 Å². The first-order chi connectivity index (χ1) is 9.10. The number of nitrogens with one attached hydrogen (secondary N) is 1. The monoisotopic (exact) mass is 264 g/mol. The molecule has 2 aromatic rings. The zero-order valence-electron chi connectivity index (χ0n) is 10.7. The van der Waals surface area contributed by atoms with Crippen molar-refractivity contribution in [1.82, 2.24) is 4.98 Å². The lowest BCUT2D eigenvalue weighted by molar-refractivity contribution is 0.418. The minimum absolute atomic E-state index is 0.0217. The highest BCUT2D eigenvalue weighted by molar-refractivity contribution is 5.41. The minimum Gasteiger partial charge on any atom is -0.436 e. The van der Waals surface area contributed by atoms with Gasteiger partial charge < -0.3 is 10.1 Å². The van der Waals surface area contributed by atoms with Crippen molar-refractivity contribution in [2.45, 2.75) is 13.8 Å². The van der Waals surface area contributed by atoms with E-state index in [0.29, 0.717) is 12.3 Å². The zero-order chi connectivity index (χ0) is 13.8. The highest BCUT2D eigenvalue weighted by atomic mass is 19.1. The molecule has 2 rings (SSSR count). The van der Waals surface area contributed by atoms with Gasteiger partial charge in [-0.15, -0.1) is 0 Å². The topological polar surface area (TPSA) is 34.2 Å². The van der Waals surface area contributed by atoms with Gasteiger partial charge in [-0.05, 0) is 31.5 Å². The zero-order valence-corrected chi connectivity index (χ0v) is 10.7. The minimum atomic E-state index is -0.833. The van der Waals surface area contributed by atoms with E-state index < -0.39 is 11.6 Å². The molecule has 0 aliphatic carbocycles. The van der Waals surface area contributed by atoms with Gasteiger partial charge in [0.05, 0.1) is 0 Å². The standard InChI is InChI=1S/C14H14F2N2O/c1-3-17-13-11(15)8-12(16)14(18-13)19-10-6-4-5-9(2)7-10/h4-8H,3H2,1-2H3,(H,17,18). The molecule has 1 N–H and O–H groups in total. The average Bonchev–Trinajstić information content (AvgIpc) is 2.35. The second-order valence-corrected chi connectivity index (χ2v) is 4.05. The van der Waals surface area contributed by atoms with Crippen LogP contribution in [0.5, 0.6) is 11.6 Å². The highest BCUT2D eigenvalue weighted by Crippen LogP contribution is 2.26. The van der Waals surface area contributed by atoms with Gasteiger partial charge in [0.1, 0.15) is 5.75 Å². The van der Waals surface area contributed by atoms with Crippen LogP contribution >= 0.6 is 0 Å².